The minimum absolute atomic E-state index is 0.400. The van der Waals surface area contributed by atoms with Gasteiger partial charge in [-0.1, -0.05) is 45.4 Å². The molecule has 0 saturated heterocycles. The SMILES string of the molecule is CCCNC(CC(C)CC)c1cnn(-c2ccccc2)c1. The molecule has 0 aliphatic carbocycles. The summed E-state index contributed by atoms with van der Waals surface area (Å²) in [6, 6.07) is 10.7. The summed E-state index contributed by atoms with van der Waals surface area (Å²) in [6.45, 7) is 7.84. The third-order valence-electron chi connectivity index (χ3n) is 4.00. The lowest BCUT2D eigenvalue weighted by Gasteiger charge is -2.20. The lowest BCUT2D eigenvalue weighted by atomic mass is 9.96. The minimum atomic E-state index is 0.400. The lowest BCUT2D eigenvalue weighted by Crippen LogP contribution is -2.23. The molecule has 0 spiro atoms. The van der Waals surface area contributed by atoms with Crippen LogP contribution in [0.25, 0.3) is 5.69 Å². The largest absolute Gasteiger partial charge is 0.310 e. The van der Waals surface area contributed by atoms with Gasteiger partial charge in [0.05, 0.1) is 11.9 Å². The van der Waals surface area contributed by atoms with E-state index in [0.29, 0.717) is 6.04 Å². The molecule has 114 valence electrons. The second-order valence-corrected chi connectivity index (χ2v) is 5.81. The van der Waals surface area contributed by atoms with E-state index in [-0.39, 0.29) is 0 Å². The highest BCUT2D eigenvalue weighted by molar-refractivity contribution is 5.31. The molecular weight excluding hydrogens is 258 g/mol. The fourth-order valence-corrected chi connectivity index (χ4v) is 2.46. The molecule has 0 aliphatic heterocycles. The van der Waals surface area contributed by atoms with Crippen LogP contribution in [0, 0.1) is 5.92 Å². The van der Waals surface area contributed by atoms with Crippen molar-refractivity contribution >= 4 is 0 Å². The lowest BCUT2D eigenvalue weighted by molar-refractivity contribution is 0.402. The molecule has 2 aromatic rings. The normalized spacial score (nSPS) is 14.0. The number of hydrogen-bond donors (Lipinski definition) is 1. The van der Waals surface area contributed by atoms with E-state index in [9.17, 15) is 0 Å². The Hall–Kier alpha value is -1.61. The van der Waals surface area contributed by atoms with Crippen molar-refractivity contribution < 1.29 is 0 Å². The number of hydrogen-bond acceptors (Lipinski definition) is 2. The molecule has 0 radical (unpaired) electrons. The smallest absolute Gasteiger partial charge is 0.0645 e. The molecule has 3 heteroatoms. The molecule has 3 nitrogen and oxygen atoms in total. The van der Waals surface area contributed by atoms with Crippen LogP contribution >= 0.6 is 0 Å². The van der Waals surface area contributed by atoms with Crippen LogP contribution in [0.5, 0.6) is 0 Å². The van der Waals surface area contributed by atoms with Crippen molar-refractivity contribution in [3.05, 3.63) is 48.3 Å². The molecule has 0 bridgehead atoms. The fourth-order valence-electron chi connectivity index (χ4n) is 2.46. The van der Waals surface area contributed by atoms with Crippen LogP contribution in [-0.4, -0.2) is 16.3 Å². The van der Waals surface area contributed by atoms with Crippen LogP contribution in [-0.2, 0) is 0 Å². The van der Waals surface area contributed by atoms with Crippen LogP contribution in [0.2, 0.25) is 0 Å². The summed E-state index contributed by atoms with van der Waals surface area (Å²) in [5.41, 5.74) is 2.40. The van der Waals surface area contributed by atoms with Gasteiger partial charge in [0.2, 0.25) is 0 Å². The molecular formula is C18H27N3. The van der Waals surface area contributed by atoms with E-state index in [4.69, 9.17) is 0 Å². The van der Waals surface area contributed by atoms with E-state index >= 15 is 0 Å². The summed E-state index contributed by atoms with van der Waals surface area (Å²) < 4.78 is 1.96. The first-order valence-electron chi connectivity index (χ1n) is 8.08. The number of nitrogens with zero attached hydrogens (tertiary/aromatic N) is 2. The molecule has 1 N–H and O–H groups in total. The van der Waals surface area contributed by atoms with Crippen LogP contribution in [0.15, 0.2) is 42.7 Å². The van der Waals surface area contributed by atoms with Gasteiger partial charge in [0.15, 0.2) is 0 Å². The zero-order valence-electron chi connectivity index (χ0n) is 13.4. The summed E-state index contributed by atoms with van der Waals surface area (Å²) in [5.74, 6) is 0.722. The monoisotopic (exact) mass is 285 g/mol. The van der Waals surface area contributed by atoms with Crippen molar-refractivity contribution in [2.45, 2.75) is 46.1 Å². The van der Waals surface area contributed by atoms with Crippen molar-refractivity contribution in [2.75, 3.05) is 6.54 Å². The van der Waals surface area contributed by atoms with E-state index in [1.165, 1.54) is 12.0 Å². The standard InChI is InChI=1S/C18H27N3/c1-4-11-19-18(12-15(3)5-2)16-13-20-21(14-16)17-9-7-6-8-10-17/h6-10,13-15,18-19H,4-5,11-12H2,1-3H3. The number of benzene rings is 1. The minimum Gasteiger partial charge on any atom is -0.310 e. The maximum Gasteiger partial charge on any atom is 0.0645 e. The topological polar surface area (TPSA) is 29.9 Å². The van der Waals surface area contributed by atoms with E-state index in [1.807, 2.05) is 29.1 Å². The summed E-state index contributed by atoms with van der Waals surface area (Å²) >= 11 is 0. The maximum absolute atomic E-state index is 4.53. The van der Waals surface area contributed by atoms with Gasteiger partial charge >= 0.3 is 0 Å². The highest BCUT2D eigenvalue weighted by Gasteiger charge is 2.16. The van der Waals surface area contributed by atoms with Gasteiger partial charge in [-0.05, 0) is 37.4 Å². The third-order valence-corrected chi connectivity index (χ3v) is 4.00. The van der Waals surface area contributed by atoms with Crippen molar-refractivity contribution in [1.82, 2.24) is 15.1 Å². The molecule has 0 fully saturated rings. The Labute approximate surface area is 128 Å². The number of rotatable bonds is 8. The molecule has 2 unspecified atom stereocenters. The van der Waals surface area contributed by atoms with Gasteiger partial charge in [-0.25, -0.2) is 4.68 Å². The van der Waals surface area contributed by atoms with Crippen LogP contribution in [0.3, 0.4) is 0 Å². The highest BCUT2D eigenvalue weighted by Crippen LogP contribution is 2.23. The number of aromatic nitrogens is 2. The Bertz CT molecular complexity index is 518. The van der Waals surface area contributed by atoms with Crippen molar-refractivity contribution in [3.63, 3.8) is 0 Å². The second kappa shape index (κ2) is 7.99. The van der Waals surface area contributed by atoms with Gasteiger partial charge in [-0.3, -0.25) is 0 Å². The molecule has 2 rings (SSSR count). The summed E-state index contributed by atoms with van der Waals surface area (Å²) in [6.07, 6.45) is 7.70. The van der Waals surface area contributed by atoms with Gasteiger partial charge in [-0.15, -0.1) is 0 Å². The van der Waals surface area contributed by atoms with E-state index in [0.717, 1.165) is 31.0 Å². The second-order valence-electron chi connectivity index (χ2n) is 5.81. The average Bonchev–Trinajstić information content (AvgIpc) is 3.02. The van der Waals surface area contributed by atoms with Crippen molar-refractivity contribution in [1.29, 1.82) is 0 Å². The van der Waals surface area contributed by atoms with Crippen molar-refractivity contribution in [2.24, 2.45) is 5.92 Å². The summed E-state index contributed by atoms with van der Waals surface area (Å²) in [4.78, 5) is 0. The molecule has 0 saturated carbocycles. The highest BCUT2D eigenvalue weighted by atomic mass is 15.3. The average molecular weight is 285 g/mol. The molecule has 2 atom stereocenters. The first-order chi connectivity index (χ1) is 10.2. The Morgan fingerprint density at radius 3 is 2.62 bits per heavy atom. The predicted molar refractivity (Wildman–Crippen MR) is 88.7 cm³/mol. The van der Waals surface area contributed by atoms with Gasteiger partial charge in [0, 0.05) is 17.8 Å². The van der Waals surface area contributed by atoms with E-state index in [1.54, 1.807) is 0 Å². The Morgan fingerprint density at radius 2 is 1.95 bits per heavy atom. The third kappa shape index (κ3) is 4.43. The summed E-state index contributed by atoms with van der Waals surface area (Å²) in [5, 5.41) is 8.19. The van der Waals surface area contributed by atoms with Crippen molar-refractivity contribution in [3.8, 4) is 5.69 Å². The number of para-hydroxylation sites is 1. The van der Waals surface area contributed by atoms with Crippen LogP contribution < -0.4 is 5.32 Å². The first-order valence-corrected chi connectivity index (χ1v) is 8.08. The van der Waals surface area contributed by atoms with Gasteiger partial charge in [0.25, 0.3) is 0 Å². The Kier molecular flexibility index (Phi) is 6.00. The zero-order valence-corrected chi connectivity index (χ0v) is 13.4. The molecule has 0 amide bonds. The molecule has 21 heavy (non-hydrogen) atoms. The number of nitrogens with one attached hydrogen (secondary N) is 1. The van der Waals surface area contributed by atoms with Gasteiger partial charge in [-0.2, -0.15) is 5.10 Å². The molecule has 0 aliphatic rings. The van der Waals surface area contributed by atoms with E-state index < -0.39 is 0 Å². The molecule has 1 aromatic carbocycles. The van der Waals surface area contributed by atoms with Gasteiger partial charge < -0.3 is 5.32 Å². The summed E-state index contributed by atoms with van der Waals surface area (Å²) in [7, 11) is 0. The quantitative estimate of drug-likeness (QED) is 0.781. The van der Waals surface area contributed by atoms with Crippen LogP contribution in [0.1, 0.15) is 51.6 Å². The molecule has 1 heterocycles. The Morgan fingerprint density at radius 1 is 1.19 bits per heavy atom. The predicted octanol–water partition coefficient (Wildman–Crippen LogP) is 4.35. The Balaban J connectivity index is 2.14. The fraction of sp³-hybridized carbons (Fsp3) is 0.500. The van der Waals surface area contributed by atoms with Gasteiger partial charge in [0.1, 0.15) is 0 Å². The first kappa shape index (κ1) is 15.8. The zero-order chi connectivity index (χ0) is 15.1. The van der Waals surface area contributed by atoms with E-state index in [2.05, 4.69) is 49.5 Å². The molecule has 1 aromatic heterocycles. The van der Waals surface area contributed by atoms with Crippen LogP contribution in [0.4, 0.5) is 0 Å². The maximum atomic E-state index is 4.53.